The smallest absolute Gasteiger partial charge is 0.268 e. The van der Waals surface area contributed by atoms with Gasteiger partial charge in [-0.1, -0.05) is 77.8 Å². The van der Waals surface area contributed by atoms with Crippen LogP contribution >= 0.6 is 34.5 Å². The first kappa shape index (κ1) is 24.8. The van der Waals surface area contributed by atoms with Crippen molar-refractivity contribution in [1.29, 1.82) is 5.26 Å². The van der Waals surface area contributed by atoms with Crippen molar-refractivity contribution in [3.63, 3.8) is 0 Å². The maximum Gasteiger partial charge on any atom is 0.268 e. The Morgan fingerprint density at radius 1 is 1.03 bits per heavy atom. The van der Waals surface area contributed by atoms with E-state index in [-0.39, 0.29) is 5.57 Å². The van der Waals surface area contributed by atoms with Crippen molar-refractivity contribution in [2.45, 2.75) is 13.0 Å². The highest BCUT2D eigenvalue weighted by Gasteiger charge is 2.15. The number of fused-ring (bicyclic) bond motifs is 1. The average Bonchev–Trinajstić information content (AvgIpc) is 3.49. The fourth-order valence-electron chi connectivity index (χ4n) is 4.07. The van der Waals surface area contributed by atoms with Crippen molar-refractivity contribution in [3.8, 4) is 6.07 Å². The van der Waals surface area contributed by atoms with Gasteiger partial charge in [-0.15, -0.1) is 11.3 Å². The fraction of sp³-hybridized carbons (Fsp3) is 0.0690. The van der Waals surface area contributed by atoms with Gasteiger partial charge in [0.2, 0.25) is 0 Å². The Labute approximate surface area is 228 Å². The van der Waals surface area contributed by atoms with E-state index in [4.69, 9.17) is 23.2 Å². The highest BCUT2D eigenvalue weighted by Crippen LogP contribution is 2.28. The lowest BCUT2D eigenvalue weighted by molar-refractivity contribution is -0.112. The molecule has 37 heavy (non-hydrogen) atoms. The number of amides is 1. The number of aromatic nitrogens is 2. The van der Waals surface area contributed by atoms with Crippen LogP contribution in [0.2, 0.25) is 10.0 Å². The summed E-state index contributed by atoms with van der Waals surface area (Å²) in [7, 11) is 0. The van der Waals surface area contributed by atoms with Crippen LogP contribution in [0.4, 0.5) is 5.13 Å². The van der Waals surface area contributed by atoms with Gasteiger partial charge in [-0.2, -0.15) is 5.26 Å². The normalized spacial score (nSPS) is 11.4. The van der Waals surface area contributed by atoms with Crippen LogP contribution in [0.15, 0.2) is 90.8 Å². The number of nitriles is 1. The van der Waals surface area contributed by atoms with Crippen molar-refractivity contribution in [2.75, 3.05) is 5.32 Å². The van der Waals surface area contributed by atoms with E-state index >= 15 is 0 Å². The van der Waals surface area contributed by atoms with Crippen LogP contribution in [0.5, 0.6) is 0 Å². The summed E-state index contributed by atoms with van der Waals surface area (Å²) in [4.78, 5) is 18.2. The first-order valence-electron chi connectivity index (χ1n) is 11.4. The first-order chi connectivity index (χ1) is 18.0. The van der Waals surface area contributed by atoms with Gasteiger partial charge in [0.05, 0.1) is 10.0 Å². The molecule has 1 amide bonds. The Hall–Kier alpha value is -3.89. The zero-order valence-electron chi connectivity index (χ0n) is 19.5. The molecule has 5 aromatic rings. The van der Waals surface area contributed by atoms with Gasteiger partial charge < -0.3 is 4.57 Å². The van der Waals surface area contributed by atoms with Gasteiger partial charge in [-0.05, 0) is 35.4 Å². The molecule has 3 aromatic carbocycles. The lowest BCUT2D eigenvalue weighted by Gasteiger charge is -2.05. The predicted molar refractivity (Wildman–Crippen MR) is 151 cm³/mol. The molecule has 2 heterocycles. The fourth-order valence-corrected chi connectivity index (χ4v) is 5.23. The number of carbonyl (C=O) groups is 1. The maximum atomic E-state index is 13.0. The van der Waals surface area contributed by atoms with Crippen molar-refractivity contribution in [2.24, 2.45) is 0 Å². The van der Waals surface area contributed by atoms with Crippen molar-refractivity contribution in [3.05, 3.63) is 122 Å². The van der Waals surface area contributed by atoms with E-state index in [9.17, 15) is 10.1 Å². The second-order valence-corrected chi connectivity index (χ2v) is 10.3. The van der Waals surface area contributed by atoms with E-state index in [1.807, 2.05) is 66.9 Å². The maximum absolute atomic E-state index is 13.0. The molecular formula is C29H20Cl2N4OS. The Morgan fingerprint density at radius 2 is 1.81 bits per heavy atom. The molecule has 5 nitrogen and oxygen atoms in total. The third-order valence-corrected chi connectivity index (χ3v) is 7.47. The molecule has 5 rings (SSSR count). The largest absolute Gasteiger partial charge is 0.342 e. The second kappa shape index (κ2) is 11.0. The van der Waals surface area contributed by atoms with Gasteiger partial charge >= 0.3 is 0 Å². The minimum atomic E-state index is -0.502. The molecule has 182 valence electrons. The summed E-state index contributed by atoms with van der Waals surface area (Å²) in [5.41, 5.74) is 3.99. The standard InChI is InChI=1S/C29H20Cl2N4OS/c30-25-11-10-20(13-26(25)31)12-23-16-33-29(37-23)34-28(36)21(15-32)14-22-18-35(17-19-6-2-1-3-7-19)27-9-5-4-8-24(22)27/h1-11,13-14,16,18H,12,17H2,(H,33,34,36)/b21-14+. The number of hydrogen-bond acceptors (Lipinski definition) is 4. The average molecular weight is 543 g/mol. The van der Waals surface area contributed by atoms with Crippen molar-refractivity contribution in [1.82, 2.24) is 9.55 Å². The van der Waals surface area contributed by atoms with Gasteiger partial charge in [0.1, 0.15) is 11.6 Å². The van der Waals surface area contributed by atoms with Crippen LogP contribution in [0.25, 0.3) is 17.0 Å². The molecule has 0 aliphatic rings. The first-order valence-corrected chi connectivity index (χ1v) is 13.0. The number of hydrogen-bond donors (Lipinski definition) is 1. The van der Waals surface area contributed by atoms with Crippen molar-refractivity contribution < 1.29 is 4.79 Å². The molecule has 8 heteroatoms. The van der Waals surface area contributed by atoms with Gasteiger partial charge in [0.25, 0.3) is 5.91 Å². The van der Waals surface area contributed by atoms with Crippen LogP contribution in [-0.2, 0) is 17.8 Å². The van der Waals surface area contributed by atoms with Crippen LogP contribution in [-0.4, -0.2) is 15.5 Å². The number of halogens is 2. The SMILES string of the molecule is N#C/C(=C\c1cn(Cc2ccccc2)c2ccccc12)C(=O)Nc1ncc(Cc2ccc(Cl)c(Cl)c2)s1. The van der Waals surface area contributed by atoms with Gasteiger partial charge in [-0.25, -0.2) is 4.98 Å². The number of benzene rings is 3. The minimum absolute atomic E-state index is 0.00356. The van der Waals surface area contributed by atoms with Crippen LogP contribution in [0.3, 0.4) is 0 Å². The zero-order valence-corrected chi connectivity index (χ0v) is 21.8. The highest BCUT2D eigenvalue weighted by atomic mass is 35.5. The Bertz CT molecular complexity index is 1660. The number of nitrogens with zero attached hydrogens (tertiary/aromatic N) is 3. The van der Waals surface area contributed by atoms with E-state index in [1.54, 1.807) is 18.3 Å². The van der Waals surface area contributed by atoms with E-state index in [2.05, 4.69) is 27.0 Å². The van der Waals surface area contributed by atoms with Crippen molar-refractivity contribution >= 4 is 62.6 Å². The topological polar surface area (TPSA) is 70.7 Å². The predicted octanol–water partition coefficient (Wildman–Crippen LogP) is 7.59. The van der Waals surface area contributed by atoms with Gasteiger partial charge in [-0.3, -0.25) is 10.1 Å². The summed E-state index contributed by atoms with van der Waals surface area (Å²) in [6.07, 6.45) is 5.91. The molecule has 0 saturated heterocycles. The summed E-state index contributed by atoms with van der Waals surface area (Å²) >= 11 is 13.5. The third kappa shape index (κ3) is 5.76. The van der Waals surface area contributed by atoms with E-state index in [0.717, 1.165) is 32.5 Å². The monoisotopic (exact) mass is 542 g/mol. The lowest BCUT2D eigenvalue weighted by Crippen LogP contribution is -2.13. The molecule has 0 fully saturated rings. The number of para-hydroxylation sites is 1. The number of thiazole rings is 1. The quantitative estimate of drug-likeness (QED) is 0.170. The highest BCUT2D eigenvalue weighted by molar-refractivity contribution is 7.15. The molecule has 0 saturated carbocycles. The van der Waals surface area contributed by atoms with Crippen LogP contribution < -0.4 is 5.32 Å². The van der Waals surface area contributed by atoms with Crippen LogP contribution in [0.1, 0.15) is 21.6 Å². The second-order valence-electron chi connectivity index (χ2n) is 8.40. The summed E-state index contributed by atoms with van der Waals surface area (Å²) in [5, 5.41) is 14.9. The van der Waals surface area contributed by atoms with E-state index in [0.29, 0.717) is 28.1 Å². The summed E-state index contributed by atoms with van der Waals surface area (Å²) < 4.78 is 2.12. The molecular weight excluding hydrogens is 523 g/mol. The molecule has 0 bridgehead atoms. The molecule has 0 atom stereocenters. The molecule has 0 radical (unpaired) electrons. The number of nitrogens with one attached hydrogen (secondary N) is 1. The van der Waals surface area contributed by atoms with E-state index < -0.39 is 5.91 Å². The van der Waals surface area contributed by atoms with E-state index in [1.165, 1.54) is 11.3 Å². The minimum Gasteiger partial charge on any atom is -0.342 e. The molecule has 0 spiro atoms. The molecule has 0 aliphatic heterocycles. The number of carbonyl (C=O) groups excluding carboxylic acids is 1. The molecule has 2 aromatic heterocycles. The number of rotatable bonds is 7. The Balaban J connectivity index is 1.35. The van der Waals surface area contributed by atoms with Gasteiger partial charge in [0, 0.05) is 46.7 Å². The van der Waals surface area contributed by atoms with Gasteiger partial charge in [0.15, 0.2) is 5.13 Å². The number of anilines is 1. The lowest BCUT2D eigenvalue weighted by atomic mass is 10.1. The molecule has 0 unspecified atom stereocenters. The van der Waals surface area contributed by atoms with Crippen LogP contribution in [0, 0.1) is 11.3 Å². The molecule has 1 N–H and O–H groups in total. The molecule has 0 aliphatic carbocycles. The Morgan fingerprint density at radius 3 is 2.59 bits per heavy atom. The zero-order chi connectivity index (χ0) is 25.8. The Kier molecular flexibility index (Phi) is 7.38. The third-order valence-electron chi connectivity index (χ3n) is 5.82. The summed E-state index contributed by atoms with van der Waals surface area (Å²) in [6.45, 7) is 0.685. The summed E-state index contributed by atoms with van der Waals surface area (Å²) in [5.74, 6) is -0.502. The summed E-state index contributed by atoms with van der Waals surface area (Å²) in [6, 6.07) is 25.6.